The number of hydrogen-bond acceptors (Lipinski definition) is 3. The van der Waals surface area contributed by atoms with Crippen LogP contribution in [0.1, 0.15) is 19.4 Å². The van der Waals surface area contributed by atoms with Gasteiger partial charge in [-0.25, -0.2) is 9.18 Å². The Kier molecular flexibility index (Phi) is 4.12. The highest BCUT2D eigenvalue weighted by Gasteiger charge is 2.61. The van der Waals surface area contributed by atoms with Crippen molar-refractivity contribution in [3.8, 4) is 0 Å². The molecule has 0 saturated carbocycles. The lowest BCUT2D eigenvalue weighted by atomic mass is 10.0. The number of nitrogens with one attached hydrogen (secondary N) is 2. The Morgan fingerprint density at radius 2 is 2.07 bits per heavy atom. The van der Waals surface area contributed by atoms with Gasteiger partial charge in [0.25, 0.3) is 5.91 Å². The van der Waals surface area contributed by atoms with Crippen molar-refractivity contribution in [3.05, 3.63) is 58.9 Å². The van der Waals surface area contributed by atoms with Crippen LogP contribution in [0.4, 0.5) is 20.6 Å². The number of hydrogen-bond donors (Lipinski definition) is 2. The van der Waals surface area contributed by atoms with E-state index in [1.807, 2.05) is 13.8 Å². The molecule has 1 atom stereocenters. The topological polar surface area (TPSA) is 61.4 Å². The number of fused-ring (bicyclic) bond motifs is 2. The number of benzene rings is 2. The maximum atomic E-state index is 13.5. The first-order chi connectivity index (χ1) is 12.7. The van der Waals surface area contributed by atoms with Crippen molar-refractivity contribution in [1.82, 2.24) is 4.90 Å². The minimum atomic E-state index is -1.22. The average molecular weight is 406 g/mol. The van der Waals surface area contributed by atoms with Gasteiger partial charge >= 0.3 is 6.03 Å². The van der Waals surface area contributed by atoms with Crippen LogP contribution in [0.15, 0.2) is 42.5 Å². The lowest BCUT2D eigenvalue weighted by Gasteiger charge is -2.32. The van der Waals surface area contributed by atoms with Gasteiger partial charge in [0.05, 0.1) is 0 Å². The second kappa shape index (κ2) is 6.14. The van der Waals surface area contributed by atoms with E-state index in [1.54, 1.807) is 24.3 Å². The minimum absolute atomic E-state index is 0.287. The SMILES string of the molecule is CC1(C)CN(C(=O)Nc2cccc(F)c2)C2(S1)C(=O)Nc1ccc(Cl)cc12. The van der Waals surface area contributed by atoms with E-state index in [-0.39, 0.29) is 10.7 Å². The number of halogens is 2. The molecule has 5 nitrogen and oxygen atoms in total. The van der Waals surface area contributed by atoms with Gasteiger partial charge in [-0.15, -0.1) is 11.8 Å². The number of thioether (sulfide) groups is 1. The molecule has 2 aromatic rings. The first-order valence-corrected chi connectivity index (χ1v) is 9.57. The highest BCUT2D eigenvalue weighted by molar-refractivity contribution is 8.02. The fraction of sp³-hybridized carbons (Fsp3) is 0.263. The first-order valence-electron chi connectivity index (χ1n) is 8.37. The zero-order valence-corrected chi connectivity index (χ0v) is 16.2. The molecule has 27 heavy (non-hydrogen) atoms. The van der Waals surface area contributed by atoms with E-state index in [0.717, 1.165) is 0 Å². The van der Waals surface area contributed by atoms with Crippen LogP contribution in [0.3, 0.4) is 0 Å². The van der Waals surface area contributed by atoms with Gasteiger partial charge in [0.15, 0.2) is 4.87 Å². The molecule has 2 heterocycles. The molecular weight excluding hydrogens is 389 g/mol. The Labute approximate surface area is 165 Å². The van der Waals surface area contributed by atoms with Crippen LogP contribution in [0.25, 0.3) is 0 Å². The smallest absolute Gasteiger partial charge is 0.323 e. The van der Waals surface area contributed by atoms with Crippen molar-refractivity contribution in [2.24, 2.45) is 0 Å². The van der Waals surface area contributed by atoms with E-state index in [4.69, 9.17) is 11.6 Å². The fourth-order valence-electron chi connectivity index (χ4n) is 3.56. The largest absolute Gasteiger partial charge is 0.323 e. The molecule has 1 saturated heterocycles. The molecular formula is C19H17ClFN3O2S. The summed E-state index contributed by atoms with van der Waals surface area (Å²) in [5.74, 6) is -0.737. The van der Waals surface area contributed by atoms with Gasteiger partial charge < -0.3 is 10.6 Å². The molecule has 4 rings (SSSR count). The summed E-state index contributed by atoms with van der Waals surface area (Å²) in [6, 6.07) is 10.3. The van der Waals surface area contributed by atoms with Crippen LogP contribution in [-0.2, 0) is 9.67 Å². The molecule has 2 aliphatic heterocycles. The monoisotopic (exact) mass is 405 g/mol. The number of rotatable bonds is 1. The Morgan fingerprint density at radius 3 is 2.81 bits per heavy atom. The summed E-state index contributed by atoms with van der Waals surface area (Å²) in [7, 11) is 0. The zero-order chi connectivity index (χ0) is 19.4. The van der Waals surface area contributed by atoms with Crippen molar-refractivity contribution >= 4 is 46.7 Å². The van der Waals surface area contributed by atoms with Gasteiger partial charge in [-0.3, -0.25) is 9.69 Å². The summed E-state index contributed by atoms with van der Waals surface area (Å²) in [5.41, 5.74) is 1.62. The van der Waals surface area contributed by atoms with Gasteiger partial charge in [-0.2, -0.15) is 0 Å². The summed E-state index contributed by atoms with van der Waals surface area (Å²) in [4.78, 5) is 26.4. The zero-order valence-electron chi connectivity index (χ0n) is 14.7. The predicted octanol–water partition coefficient (Wildman–Crippen LogP) is 4.64. The third kappa shape index (κ3) is 2.95. The summed E-state index contributed by atoms with van der Waals surface area (Å²) in [6.07, 6.45) is 0. The number of urea groups is 1. The molecule has 0 radical (unpaired) electrons. The predicted molar refractivity (Wildman–Crippen MR) is 106 cm³/mol. The van der Waals surface area contributed by atoms with E-state index in [1.165, 1.54) is 34.9 Å². The van der Waals surface area contributed by atoms with Gasteiger partial charge in [0.2, 0.25) is 0 Å². The van der Waals surface area contributed by atoms with E-state index in [2.05, 4.69) is 10.6 Å². The van der Waals surface area contributed by atoms with Crippen molar-refractivity contribution < 1.29 is 14.0 Å². The third-order valence-corrected chi connectivity index (χ3v) is 6.40. The Balaban J connectivity index is 1.77. The van der Waals surface area contributed by atoms with Crippen molar-refractivity contribution in [3.63, 3.8) is 0 Å². The first kappa shape index (κ1) is 18.1. The lowest BCUT2D eigenvalue weighted by Crippen LogP contribution is -2.49. The second-order valence-electron chi connectivity index (χ2n) is 7.18. The second-order valence-corrected chi connectivity index (χ2v) is 9.51. The van der Waals surface area contributed by atoms with Crippen molar-refractivity contribution in [2.75, 3.05) is 17.2 Å². The van der Waals surface area contributed by atoms with Crippen LogP contribution < -0.4 is 10.6 Å². The van der Waals surface area contributed by atoms with Gasteiger partial charge in [0, 0.05) is 33.3 Å². The normalized spacial score (nSPS) is 22.7. The molecule has 2 aliphatic rings. The fourth-order valence-corrected chi connectivity index (χ4v) is 5.40. The molecule has 0 aromatic heterocycles. The van der Waals surface area contributed by atoms with Crippen LogP contribution in [0.2, 0.25) is 5.02 Å². The van der Waals surface area contributed by atoms with Crippen LogP contribution in [0.5, 0.6) is 0 Å². The van der Waals surface area contributed by atoms with Crippen LogP contribution in [-0.4, -0.2) is 28.1 Å². The summed E-state index contributed by atoms with van der Waals surface area (Å²) in [6.45, 7) is 4.30. The number of carbonyl (C=O) groups excluding carboxylic acids is 2. The highest BCUT2D eigenvalue weighted by Crippen LogP contribution is 2.58. The molecule has 2 aromatic carbocycles. The Hall–Kier alpha value is -2.25. The van der Waals surface area contributed by atoms with Gasteiger partial charge in [-0.05, 0) is 50.2 Å². The van der Waals surface area contributed by atoms with Crippen molar-refractivity contribution in [2.45, 2.75) is 23.5 Å². The molecule has 0 bridgehead atoms. The maximum Gasteiger partial charge on any atom is 0.323 e. The van der Waals surface area contributed by atoms with E-state index in [9.17, 15) is 14.0 Å². The summed E-state index contributed by atoms with van der Waals surface area (Å²) < 4.78 is 13.1. The van der Waals surface area contributed by atoms with Gasteiger partial charge in [-0.1, -0.05) is 17.7 Å². The van der Waals surface area contributed by atoms with E-state index < -0.39 is 16.7 Å². The lowest BCUT2D eigenvalue weighted by molar-refractivity contribution is -0.121. The molecule has 140 valence electrons. The summed E-state index contributed by atoms with van der Waals surface area (Å²) in [5, 5.41) is 6.04. The highest BCUT2D eigenvalue weighted by atomic mass is 35.5. The molecule has 8 heteroatoms. The molecule has 0 aliphatic carbocycles. The maximum absolute atomic E-state index is 13.5. The standard InChI is InChI=1S/C19H17ClFN3O2S/c1-18(2)10-24(17(26)22-13-5-3-4-12(21)9-13)19(27-18)14-8-11(20)6-7-15(14)23-16(19)25/h3-9H,10H2,1-2H3,(H,22,26)(H,23,25). The van der Waals surface area contributed by atoms with Crippen molar-refractivity contribution in [1.29, 1.82) is 0 Å². The number of carbonyl (C=O) groups is 2. The Bertz CT molecular complexity index is 968. The average Bonchev–Trinajstić information content (AvgIpc) is 3.02. The molecule has 1 unspecified atom stereocenters. The number of anilines is 2. The molecule has 1 fully saturated rings. The summed E-state index contributed by atoms with van der Waals surface area (Å²) >= 11 is 7.58. The Morgan fingerprint density at radius 1 is 1.30 bits per heavy atom. The van der Waals surface area contributed by atoms with Crippen LogP contribution in [0, 0.1) is 5.82 Å². The number of nitrogens with zero attached hydrogens (tertiary/aromatic N) is 1. The minimum Gasteiger partial charge on any atom is -0.323 e. The van der Waals surface area contributed by atoms with Gasteiger partial charge in [0.1, 0.15) is 5.82 Å². The van der Waals surface area contributed by atoms with E-state index >= 15 is 0 Å². The quantitative estimate of drug-likeness (QED) is 0.726. The molecule has 2 N–H and O–H groups in total. The third-order valence-electron chi connectivity index (χ3n) is 4.57. The van der Waals surface area contributed by atoms with Crippen LogP contribution >= 0.6 is 23.4 Å². The molecule has 3 amide bonds. The van der Waals surface area contributed by atoms with E-state index in [0.29, 0.717) is 28.5 Å². The molecule has 1 spiro atoms. The number of amides is 3.